The highest BCUT2D eigenvalue weighted by atomic mass is 16.5. The molecule has 1 rings (SSSR count). The Labute approximate surface area is 75.7 Å². The van der Waals surface area contributed by atoms with Crippen molar-refractivity contribution < 1.29 is 4.74 Å². The molecule has 2 atom stereocenters. The summed E-state index contributed by atoms with van der Waals surface area (Å²) in [6.45, 7) is 2.93. The van der Waals surface area contributed by atoms with Gasteiger partial charge < -0.3 is 10.1 Å². The summed E-state index contributed by atoms with van der Waals surface area (Å²) in [6.07, 6.45) is 7.04. The highest BCUT2D eigenvalue weighted by molar-refractivity contribution is 4.78. The summed E-state index contributed by atoms with van der Waals surface area (Å²) in [5.41, 5.74) is 0. The third-order valence-corrected chi connectivity index (χ3v) is 2.70. The Kier molecular flexibility index (Phi) is 4.62. The Morgan fingerprint density at radius 1 is 1.25 bits per heavy atom. The van der Waals surface area contributed by atoms with Gasteiger partial charge in [-0.25, -0.2) is 0 Å². The summed E-state index contributed by atoms with van der Waals surface area (Å²) in [4.78, 5) is 0. The molecule has 0 aliphatic heterocycles. The van der Waals surface area contributed by atoms with Crippen molar-refractivity contribution in [2.45, 2.75) is 51.2 Å². The first-order valence-electron chi connectivity index (χ1n) is 5.17. The molecule has 72 valence electrons. The fourth-order valence-electron chi connectivity index (χ4n) is 2.02. The Bertz CT molecular complexity index is 116. The highest BCUT2D eigenvalue weighted by Gasteiger charge is 2.21. The van der Waals surface area contributed by atoms with Gasteiger partial charge in [-0.05, 0) is 26.8 Å². The van der Waals surface area contributed by atoms with Crippen LogP contribution in [0.4, 0.5) is 0 Å². The van der Waals surface area contributed by atoms with E-state index in [1.807, 2.05) is 7.05 Å². The second-order valence-corrected chi connectivity index (χ2v) is 3.53. The van der Waals surface area contributed by atoms with Gasteiger partial charge in [-0.3, -0.25) is 0 Å². The van der Waals surface area contributed by atoms with Crippen LogP contribution in [0.15, 0.2) is 0 Å². The van der Waals surface area contributed by atoms with E-state index in [9.17, 15) is 0 Å². The fraction of sp³-hybridized carbons (Fsp3) is 1.00. The van der Waals surface area contributed by atoms with Gasteiger partial charge in [0.2, 0.25) is 0 Å². The van der Waals surface area contributed by atoms with E-state index in [-0.39, 0.29) is 0 Å². The zero-order chi connectivity index (χ0) is 8.81. The van der Waals surface area contributed by atoms with Crippen LogP contribution < -0.4 is 5.32 Å². The molecule has 0 saturated heterocycles. The molecule has 2 nitrogen and oxygen atoms in total. The first kappa shape index (κ1) is 10.0. The van der Waals surface area contributed by atoms with E-state index in [1.54, 1.807) is 0 Å². The molecule has 12 heavy (non-hydrogen) atoms. The van der Waals surface area contributed by atoms with Gasteiger partial charge in [0.05, 0.1) is 6.10 Å². The monoisotopic (exact) mass is 171 g/mol. The number of nitrogens with one attached hydrogen (secondary N) is 1. The second kappa shape index (κ2) is 5.55. The van der Waals surface area contributed by atoms with Crippen LogP contribution in [0.1, 0.15) is 39.0 Å². The molecule has 0 amide bonds. The van der Waals surface area contributed by atoms with Gasteiger partial charge in [-0.2, -0.15) is 0 Å². The molecule has 0 unspecified atom stereocenters. The molecular formula is C10H21NO. The van der Waals surface area contributed by atoms with Crippen molar-refractivity contribution in [2.24, 2.45) is 0 Å². The minimum absolute atomic E-state index is 0.461. The van der Waals surface area contributed by atoms with Crippen LogP contribution in [-0.4, -0.2) is 25.8 Å². The first-order valence-corrected chi connectivity index (χ1v) is 5.17. The molecule has 1 aliphatic carbocycles. The Morgan fingerprint density at radius 2 is 2.00 bits per heavy atom. The van der Waals surface area contributed by atoms with Crippen molar-refractivity contribution in [3.8, 4) is 0 Å². The van der Waals surface area contributed by atoms with Gasteiger partial charge >= 0.3 is 0 Å². The second-order valence-electron chi connectivity index (χ2n) is 3.53. The SMILES string of the molecule is CCO[C@H]1CCCCC[C@@H]1NC. The lowest BCUT2D eigenvalue weighted by molar-refractivity contribution is 0.0321. The summed E-state index contributed by atoms with van der Waals surface area (Å²) >= 11 is 0. The third kappa shape index (κ3) is 2.76. The molecule has 0 bridgehead atoms. The van der Waals surface area contributed by atoms with Crippen LogP contribution in [0.3, 0.4) is 0 Å². The Hall–Kier alpha value is -0.0800. The zero-order valence-electron chi connectivity index (χ0n) is 8.31. The summed E-state index contributed by atoms with van der Waals surface area (Å²) in [7, 11) is 2.04. The molecule has 0 radical (unpaired) electrons. The predicted octanol–water partition coefficient (Wildman–Crippen LogP) is 1.94. The molecule has 1 fully saturated rings. The van der Waals surface area contributed by atoms with Crippen LogP contribution in [0, 0.1) is 0 Å². The van der Waals surface area contributed by atoms with Gasteiger partial charge in [-0.1, -0.05) is 19.3 Å². The van der Waals surface area contributed by atoms with E-state index in [4.69, 9.17) is 4.74 Å². The predicted molar refractivity (Wildman–Crippen MR) is 51.3 cm³/mol. The van der Waals surface area contributed by atoms with Crippen molar-refractivity contribution in [1.29, 1.82) is 0 Å². The molecule has 0 spiro atoms. The quantitative estimate of drug-likeness (QED) is 0.655. The molecule has 1 aliphatic rings. The van der Waals surface area contributed by atoms with E-state index in [2.05, 4.69) is 12.2 Å². The van der Waals surface area contributed by atoms with Gasteiger partial charge in [0.15, 0.2) is 0 Å². The molecule has 0 heterocycles. The maximum Gasteiger partial charge on any atom is 0.0727 e. The Morgan fingerprint density at radius 3 is 2.67 bits per heavy atom. The van der Waals surface area contributed by atoms with Crippen molar-refractivity contribution in [3.63, 3.8) is 0 Å². The lowest BCUT2D eigenvalue weighted by atomic mass is 10.1. The molecule has 0 aromatic carbocycles. The molecular weight excluding hydrogens is 150 g/mol. The first-order chi connectivity index (χ1) is 5.88. The lowest BCUT2D eigenvalue weighted by Gasteiger charge is -2.24. The van der Waals surface area contributed by atoms with Crippen LogP contribution in [0.25, 0.3) is 0 Å². The molecule has 1 saturated carbocycles. The van der Waals surface area contributed by atoms with Crippen molar-refractivity contribution in [1.82, 2.24) is 5.32 Å². The number of ether oxygens (including phenoxy) is 1. The Balaban J connectivity index is 2.39. The van der Waals surface area contributed by atoms with Crippen LogP contribution in [0.5, 0.6) is 0 Å². The number of hydrogen-bond donors (Lipinski definition) is 1. The van der Waals surface area contributed by atoms with Crippen molar-refractivity contribution in [2.75, 3.05) is 13.7 Å². The van der Waals surface area contributed by atoms with E-state index in [0.29, 0.717) is 12.1 Å². The normalized spacial score (nSPS) is 31.5. The summed E-state index contributed by atoms with van der Waals surface area (Å²) in [5.74, 6) is 0. The molecule has 0 aromatic rings. The van der Waals surface area contributed by atoms with Gasteiger partial charge in [0.25, 0.3) is 0 Å². The lowest BCUT2D eigenvalue weighted by Crippen LogP contribution is -2.38. The highest BCUT2D eigenvalue weighted by Crippen LogP contribution is 2.20. The van der Waals surface area contributed by atoms with Gasteiger partial charge in [-0.15, -0.1) is 0 Å². The van der Waals surface area contributed by atoms with Crippen LogP contribution >= 0.6 is 0 Å². The van der Waals surface area contributed by atoms with Crippen molar-refractivity contribution >= 4 is 0 Å². The minimum Gasteiger partial charge on any atom is -0.377 e. The number of likely N-dealkylation sites (N-methyl/N-ethyl adjacent to an activating group) is 1. The summed E-state index contributed by atoms with van der Waals surface area (Å²) < 4.78 is 5.70. The van der Waals surface area contributed by atoms with E-state index >= 15 is 0 Å². The maximum absolute atomic E-state index is 5.70. The zero-order valence-corrected chi connectivity index (χ0v) is 8.31. The van der Waals surface area contributed by atoms with Gasteiger partial charge in [0.1, 0.15) is 0 Å². The molecule has 1 N–H and O–H groups in total. The summed E-state index contributed by atoms with van der Waals surface area (Å²) in [5, 5.41) is 3.35. The minimum atomic E-state index is 0.461. The topological polar surface area (TPSA) is 21.3 Å². The molecule has 2 heteroatoms. The smallest absolute Gasteiger partial charge is 0.0727 e. The van der Waals surface area contributed by atoms with E-state index in [1.165, 1.54) is 32.1 Å². The standard InChI is InChI=1S/C10H21NO/c1-3-12-10-8-6-4-5-7-9(10)11-2/h9-11H,3-8H2,1-2H3/t9-,10-/m0/s1. The van der Waals surface area contributed by atoms with E-state index < -0.39 is 0 Å². The fourth-order valence-corrected chi connectivity index (χ4v) is 2.02. The van der Waals surface area contributed by atoms with Crippen LogP contribution in [-0.2, 0) is 4.74 Å². The molecule has 0 aromatic heterocycles. The van der Waals surface area contributed by atoms with Gasteiger partial charge in [0, 0.05) is 12.6 Å². The number of hydrogen-bond acceptors (Lipinski definition) is 2. The van der Waals surface area contributed by atoms with Crippen LogP contribution in [0.2, 0.25) is 0 Å². The average molecular weight is 171 g/mol. The van der Waals surface area contributed by atoms with E-state index in [0.717, 1.165) is 6.61 Å². The largest absolute Gasteiger partial charge is 0.377 e. The third-order valence-electron chi connectivity index (χ3n) is 2.70. The number of rotatable bonds is 3. The average Bonchev–Trinajstić information content (AvgIpc) is 2.30. The maximum atomic E-state index is 5.70. The van der Waals surface area contributed by atoms with Crippen molar-refractivity contribution in [3.05, 3.63) is 0 Å². The summed E-state index contributed by atoms with van der Waals surface area (Å²) in [6, 6.07) is 0.590.